The van der Waals surface area contributed by atoms with Crippen molar-refractivity contribution >= 4 is 23.6 Å². The van der Waals surface area contributed by atoms with Gasteiger partial charge in [-0.3, -0.25) is 4.79 Å². The molecule has 1 atom stereocenters. The Morgan fingerprint density at radius 3 is 2.93 bits per heavy atom. The number of carbonyl (C=O) groups excluding carboxylic acids is 1. The molecule has 0 spiro atoms. The van der Waals surface area contributed by atoms with E-state index in [0.29, 0.717) is 17.5 Å². The molecule has 7 heteroatoms. The summed E-state index contributed by atoms with van der Waals surface area (Å²) in [6, 6.07) is 7.80. The molecule has 0 aliphatic carbocycles. The number of amides is 1. The summed E-state index contributed by atoms with van der Waals surface area (Å²) < 4.78 is 5.60. The van der Waals surface area contributed by atoms with Gasteiger partial charge in [0.15, 0.2) is 12.6 Å². The maximum atomic E-state index is 11.7. The van der Waals surface area contributed by atoms with E-state index in [4.69, 9.17) is 9.73 Å². The molecule has 1 heterocycles. The number of thioether (sulfide) groups is 1. The summed E-state index contributed by atoms with van der Waals surface area (Å²) in [6.07, 6.45) is 1.19. The van der Waals surface area contributed by atoms with Crippen LogP contribution in [0, 0.1) is 0 Å². The highest BCUT2D eigenvalue weighted by Gasteiger charge is 2.21. The van der Waals surface area contributed by atoms with E-state index >= 15 is 0 Å². The second kappa shape index (κ2) is 11.1. The lowest BCUT2D eigenvalue weighted by Gasteiger charge is -2.34. The van der Waals surface area contributed by atoms with Crippen LogP contribution in [0.3, 0.4) is 0 Å². The van der Waals surface area contributed by atoms with Gasteiger partial charge in [0.1, 0.15) is 5.75 Å². The lowest BCUT2D eigenvalue weighted by Crippen LogP contribution is -2.48. The van der Waals surface area contributed by atoms with Gasteiger partial charge in [-0.15, -0.1) is 0 Å². The molecule has 1 amide bonds. The van der Waals surface area contributed by atoms with Crippen molar-refractivity contribution in [1.82, 2.24) is 15.1 Å². The first-order chi connectivity index (χ1) is 13.0. The minimum absolute atomic E-state index is 0.0478. The lowest BCUT2D eigenvalue weighted by molar-refractivity contribution is -0.130. The van der Waals surface area contributed by atoms with Crippen LogP contribution in [0.4, 0.5) is 0 Å². The lowest BCUT2D eigenvalue weighted by atomic mass is 10.2. The normalized spacial score (nSPS) is 17.6. The summed E-state index contributed by atoms with van der Waals surface area (Å²) in [5.74, 6) is 2.77. The summed E-state index contributed by atoms with van der Waals surface area (Å²) in [7, 11) is 3.45. The highest BCUT2D eigenvalue weighted by molar-refractivity contribution is 8.00. The van der Waals surface area contributed by atoms with Gasteiger partial charge in [-0.25, -0.2) is 4.99 Å². The largest absolute Gasteiger partial charge is 0.484 e. The van der Waals surface area contributed by atoms with Gasteiger partial charge in [0.05, 0.1) is 6.54 Å². The minimum Gasteiger partial charge on any atom is -0.484 e. The number of benzene rings is 1. The average molecular weight is 393 g/mol. The van der Waals surface area contributed by atoms with Crippen LogP contribution >= 0.6 is 11.8 Å². The monoisotopic (exact) mass is 392 g/mol. The van der Waals surface area contributed by atoms with Crippen molar-refractivity contribution in [2.45, 2.75) is 32.1 Å². The third kappa shape index (κ3) is 6.97. The van der Waals surface area contributed by atoms with Crippen LogP contribution in [0.1, 0.15) is 25.8 Å². The van der Waals surface area contributed by atoms with E-state index in [0.717, 1.165) is 36.9 Å². The molecular weight excluding hydrogens is 360 g/mol. The molecule has 1 unspecified atom stereocenters. The fraction of sp³-hybridized carbons (Fsp3) is 0.600. The molecule has 1 N–H and O–H groups in total. The molecular formula is C20H32N4O2S. The van der Waals surface area contributed by atoms with Crippen LogP contribution in [-0.2, 0) is 11.3 Å². The van der Waals surface area contributed by atoms with Gasteiger partial charge in [-0.2, -0.15) is 11.8 Å². The van der Waals surface area contributed by atoms with E-state index in [2.05, 4.69) is 35.8 Å². The highest BCUT2D eigenvalue weighted by atomic mass is 32.2. The summed E-state index contributed by atoms with van der Waals surface area (Å²) in [6.45, 7) is 7.91. The predicted molar refractivity (Wildman–Crippen MR) is 114 cm³/mol. The first-order valence-corrected chi connectivity index (χ1v) is 10.6. The molecule has 6 nitrogen and oxygen atoms in total. The van der Waals surface area contributed by atoms with Gasteiger partial charge in [0.25, 0.3) is 5.91 Å². The smallest absolute Gasteiger partial charge is 0.259 e. The number of rotatable bonds is 7. The van der Waals surface area contributed by atoms with Crippen molar-refractivity contribution in [2.75, 3.05) is 46.1 Å². The molecule has 1 aromatic carbocycles. The first kappa shape index (κ1) is 21.4. The van der Waals surface area contributed by atoms with Gasteiger partial charge < -0.3 is 19.9 Å². The van der Waals surface area contributed by atoms with Crippen LogP contribution in [0.2, 0.25) is 0 Å². The summed E-state index contributed by atoms with van der Waals surface area (Å²) in [4.78, 5) is 20.4. The third-order valence-electron chi connectivity index (χ3n) is 4.40. The molecule has 1 aliphatic heterocycles. The molecule has 0 radical (unpaired) electrons. The zero-order valence-electron chi connectivity index (χ0n) is 16.9. The molecule has 27 heavy (non-hydrogen) atoms. The van der Waals surface area contributed by atoms with Crippen LogP contribution in [0.5, 0.6) is 5.75 Å². The zero-order chi connectivity index (χ0) is 19.6. The van der Waals surface area contributed by atoms with Crippen molar-refractivity contribution in [1.29, 1.82) is 0 Å². The number of likely N-dealkylation sites (N-methyl/N-ethyl adjacent to an activating group) is 1. The Morgan fingerprint density at radius 1 is 1.41 bits per heavy atom. The van der Waals surface area contributed by atoms with Gasteiger partial charge in [-0.05, 0) is 31.0 Å². The standard InChI is InChI=1S/C20H32N4O2S/c1-5-18-14-24(10-11-27-18)20(21-6-2)22-13-16-8-7-9-17(12-16)26-15-19(25)23(3)4/h7-9,12,18H,5-6,10-11,13-15H2,1-4H3,(H,21,22). The molecule has 150 valence electrons. The number of nitrogens with zero attached hydrogens (tertiary/aromatic N) is 3. The van der Waals surface area contributed by atoms with Crippen LogP contribution in [-0.4, -0.2) is 73.0 Å². The van der Waals surface area contributed by atoms with E-state index in [-0.39, 0.29) is 12.5 Å². The van der Waals surface area contributed by atoms with Crippen molar-refractivity contribution in [3.05, 3.63) is 29.8 Å². The van der Waals surface area contributed by atoms with Crippen molar-refractivity contribution in [3.8, 4) is 5.75 Å². The summed E-state index contributed by atoms with van der Waals surface area (Å²) in [5, 5.41) is 4.09. The Bertz CT molecular complexity index is 636. The quantitative estimate of drug-likeness (QED) is 0.571. The Kier molecular flexibility index (Phi) is 8.78. The predicted octanol–water partition coefficient (Wildman–Crippen LogP) is 2.45. The number of hydrogen-bond donors (Lipinski definition) is 1. The molecule has 1 aromatic rings. The van der Waals surface area contributed by atoms with Crippen LogP contribution in [0.15, 0.2) is 29.3 Å². The minimum atomic E-state index is -0.0543. The van der Waals surface area contributed by atoms with E-state index in [9.17, 15) is 4.79 Å². The SMILES string of the molecule is CCNC(=NCc1cccc(OCC(=O)N(C)C)c1)N1CCSC(CC)C1. The summed E-state index contributed by atoms with van der Waals surface area (Å²) in [5.41, 5.74) is 1.07. The number of carbonyl (C=O) groups is 1. The van der Waals surface area contributed by atoms with Crippen molar-refractivity contribution < 1.29 is 9.53 Å². The van der Waals surface area contributed by atoms with Gasteiger partial charge >= 0.3 is 0 Å². The fourth-order valence-corrected chi connectivity index (χ4v) is 3.94. The van der Waals surface area contributed by atoms with E-state index in [1.165, 1.54) is 11.3 Å². The molecule has 1 saturated heterocycles. The Labute approximate surface area is 167 Å². The van der Waals surface area contributed by atoms with Crippen molar-refractivity contribution in [2.24, 2.45) is 4.99 Å². The topological polar surface area (TPSA) is 57.2 Å². The Hall–Kier alpha value is -1.89. The van der Waals surface area contributed by atoms with Crippen molar-refractivity contribution in [3.63, 3.8) is 0 Å². The molecule has 1 fully saturated rings. The number of nitrogens with one attached hydrogen (secondary N) is 1. The maximum Gasteiger partial charge on any atom is 0.259 e. The van der Waals surface area contributed by atoms with E-state index in [1.54, 1.807) is 14.1 Å². The number of aliphatic imine (C=N–C) groups is 1. The van der Waals surface area contributed by atoms with Gasteiger partial charge in [0, 0.05) is 44.7 Å². The van der Waals surface area contributed by atoms with Gasteiger partial charge in [0.2, 0.25) is 0 Å². The maximum absolute atomic E-state index is 11.7. The Balaban J connectivity index is 2.00. The fourth-order valence-electron chi connectivity index (χ4n) is 2.76. The number of guanidine groups is 1. The molecule has 2 rings (SSSR count). The number of ether oxygens (including phenoxy) is 1. The zero-order valence-corrected chi connectivity index (χ0v) is 17.7. The highest BCUT2D eigenvalue weighted by Crippen LogP contribution is 2.21. The molecule has 0 aromatic heterocycles. The van der Waals surface area contributed by atoms with E-state index < -0.39 is 0 Å². The summed E-state index contributed by atoms with van der Waals surface area (Å²) >= 11 is 2.06. The first-order valence-electron chi connectivity index (χ1n) is 9.60. The molecule has 1 aliphatic rings. The van der Waals surface area contributed by atoms with Crippen LogP contribution < -0.4 is 10.1 Å². The second-order valence-corrected chi connectivity index (χ2v) is 8.15. The molecule has 0 bridgehead atoms. The average Bonchev–Trinajstić information content (AvgIpc) is 2.69. The van der Waals surface area contributed by atoms with Gasteiger partial charge in [-0.1, -0.05) is 19.1 Å². The Morgan fingerprint density at radius 2 is 2.22 bits per heavy atom. The number of hydrogen-bond acceptors (Lipinski definition) is 4. The van der Waals surface area contributed by atoms with E-state index in [1.807, 2.05) is 24.3 Å². The van der Waals surface area contributed by atoms with Crippen LogP contribution in [0.25, 0.3) is 0 Å². The molecule has 0 saturated carbocycles. The third-order valence-corrected chi connectivity index (χ3v) is 5.77. The second-order valence-electron chi connectivity index (χ2n) is 6.74.